The van der Waals surface area contributed by atoms with Gasteiger partial charge in [0.15, 0.2) is 5.78 Å². The molecule has 1 amide bonds. The van der Waals surface area contributed by atoms with E-state index in [0.717, 1.165) is 0 Å². The highest BCUT2D eigenvalue weighted by atomic mass is 16.2. The molecule has 56 valence electrons. The van der Waals surface area contributed by atoms with Crippen molar-refractivity contribution in [1.82, 2.24) is 5.32 Å². The van der Waals surface area contributed by atoms with E-state index >= 15 is 0 Å². The highest BCUT2D eigenvalue weighted by Gasteiger charge is 2.02. The van der Waals surface area contributed by atoms with Crippen LogP contribution in [0.1, 0.15) is 13.8 Å². The van der Waals surface area contributed by atoms with E-state index in [2.05, 4.69) is 5.32 Å². The third-order valence-electron chi connectivity index (χ3n) is 0.916. The molecule has 0 aliphatic heterocycles. The molecule has 0 radical (unpaired) electrons. The van der Waals surface area contributed by atoms with Gasteiger partial charge in [-0.05, 0) is 6.92 Å². The Morgan fingerprint density at radius 1 is 1.40 bits per heavy atom. The van der Waals surface area contributed by atoms with E-state index in [0.29, 0.717) is 0 Å². The number of carbonyl (C=O) groups is 2. The normalized spacial score (nSPS) is 8.60. The maximum atomic E-state index is 10.6. The maximum Gasteiger partial charge on any atom is 0.217 e. The first-order valence-electron chi connectivity index (χ1n) is 2.87. The van der Waals surface area contributed by atoms with E-state index in [1.165, 1.54) is 13.8 Å². The molecule has 0 saturated carbocycles. The van der Waals surface area contributed by atoms with E-state index in [9.17, 15) is 9.59 Å². The van der Waals surface area contributed by atoms with Crippen molar-refractivity contribution in [3.63, 3.8) is 0 Å². The molecule has 0 aromatic carbocycles. The van der Waals surface area contributed by atoms with E-state index in [1.807, 2.05) is 0 Å². The fraction of sp³-hybridized carbons (Fsp3) is 0.500. The number of Topliss-reactive ketones (excluding diaryl/α,β-unsaturated/α-hetero) is 1. The molecule has 4 nitrogen and oxygen atoms in total. The van der Waals surface area contributed by atoms with Gasteiger partial charge in [0, 0.05) is 6.92 Å². The Hall–Kier alpha value is -1.19. The Morgan fingerprint density at radius 3 is 2.20 bits per heavy atom. The van der Waals surface area contributed by atoms with Gasteiger partial charge in [-0.2, -0.15) is 0 Å². The second kappa shape index (κ2) is 3.76. The minimum absolute atomic E-state index is 0.0336. The van der Waals surface area contributed by atoms with Crippen LogP contribution in [0.25, 0.3) is 0 Å². The number of carbonyl (C=O) groups excluding carboxylic acids is 2. The van der Waals surface area contributed by atoms with Gasteiger partial charge in [-0.3, -0.25) is 9.59 Å². The topological polar surface area (TPSA) is 70.0 Å². The first kappa shape index (κ1) is 8.81. The lowest BCUT2D eigenvalue weighted by atomic mass is 10.3. The Morgan fingerprint density at radius 2 is 1.90 bits per heavy atom. The van der Waals surface area contributed by atoms with Crippen LogP contribution in [0.2, 0.25) is 0 Å². The van der Waals surface area contributed by atoms with Crippen LogP contribution in [0.15, 0.2) is 0 Å². The van der Waals surface area contributed by atoms with Crippen molar-refractivity contribution >= 4 is 17.4 Å². The fourth-order valence-corrected chi connectivity index (χ4v) is 0.337. The molecule has 0 spiro atoms. The molecule has 2 N–H and O–H groups in total. The number of amides is 1. The molecule has 0 unspecified atom stereocenters. The fourth-order valence-electron chi connectivity index (χ4n) is 0.337. The first-order valence-corrected chi connectivity index (χ1v) is 2.87. The van der Waals surface area contributed by atoms with E-state index in [-0.39, 0.29) is 23.9 Å². The van der Waals surface area contributed by atoms with Gasteiger partial charge in [0.2, 0.25) is 5.91 Å². The number of hydrogen-bond donors (Lipinski definition) is 2. The van der Waals surface area contributed by atoms with Gasteiger partial charge in [-0.25, -0.2) is 0 Å². The quantitative estimate of drug-likeness (QED) is 0.532. The molecule has 0 rings (SSSR count). The summed E-state index contributed by atoms with van der Waals surface area (Å²) in [6.07, 6.45) is 0. The Bertz CT molecular complexity index is 175. The van der Waals surface area contributed by atoms with Crippen molar-refractivity contribution in [3.8, 4) is 0 Å². The summed E-state index contributed by atoms with van der Waals surface area (Å²) in [5.74, 6) is -0.607. The smallest absolute Gasteiger partial charge is 0.217 e. The SMILES string of the molecule is CC(=N)C(=O)CNC(C)=O. The molecule has 0 atom stereocenters. The molecule has 0 fully saturated rings. The van der Waals surface area contributed by atoms with Crippen LogP contribution in [0.5, 0.6) is 0 Å². The van der Waals surface area contributed by atoms with Gasteiger partial charge < -0.3 is 10.7 Å². The first-order chi connectivity index (χ1) is 4.54. The van der Waals surface area contributed by atoms with E-state index < -0.39 is 0 Å². The summed E-state index contributed by atoms with van der Waals surface area (Å²) < 4.78 is 0. The average molecular weight is 142 g/mol. The Balaban J connectivity index is 3.60. The van der Waals surface area contributed by atoms with Gasteiger partial charge in [-0.1, -0.05) is 0 Å². The van der Waals surface area contributed by atoms with Gasteiger partial charge in [0.05, 0.1) is 12.3 Å². The number of hydrogen-bond acceptors (Lipinski definition) is 3. The number of nitrogens with one attached hydrogen (secondary N) is 2. The Labute approximate surface area is 59.1 Å². The monoisotopic (exact) mass is 142 g/mol. The minimum Gasteiger partial charge on any atom is -0.349 e. The van der Waals surface area contributed by atoms with Crippen LogP contribution < -0.4 is 5.32 Å². The van der Waals surface area contributed by atoms with Crippen LogP contribution in [0.3, 0.4) is 0 Å². The average Bonchev–Trinajstić information content (AvgIpc) is 1.82. The molecule has 0 aliphatic carbocycles. The molecule has 0 bridgehead atoms. The van der Waals surface area contributed by atoms with Gasteiger partial charge in [0.25, 0.3) is 0 Å². The summed E-state index contributed by atoms with van der Waals surface area (Å²) in [4.78, 5) is 20.8. The molecule has 0 aromatic heterocycles. The zero-order valence-electron chi connectivity index (χ0n) is 6.02. The lowest BCUT2D eigenvalue weighted by molar-refractivity contribution is -0.121. The summed E-state index contributed by atoms with van der Waals surface area (Å²) in [6, 6.07) is 0. The molecule has 0 heterocycles. The second-order valence-electron chi connectivity index (χ2n) is 1.96. The molecular formula is C6H10N2O2. The van der Waals surface area contributed by atoms with Gasteiger partial charge in [0.1, 0.15) is 0 Å². The third kappa shape index (κ3) is 3.77. The molecule has 0 aliphatic rings. The summed E-state index contributed by atoms with van der Waals surface area (Å²) in [5, 5.41) is 9.14. The van der Waals surface area contributed by atoms with Crippen molar-refractivity contribution in [3.05, 3.63) is 0 Å². The Kier molecular flexibility index (Phi) is 3.32. The van der Waals surface area contributed by atoms with Crippen LogP contribution >= 0.6 is 0 Å². The highest BCUT2D eigenvalue weighted by Crippen LogP contribution is 1.73. The maximum absolute atomic E-state index is 10.6. The highest BCUT2D eigenvalue weighted by molar-refractivity contribution is 6.38. The van der Waals surface area contributed by atoms with Crippen molar-refractivity contribution in [2.24, 2.45) is 0 Å². The molecule has 4 heteroatoms. The zero-order chi connectivity index (χ0) is 8.15. The predicted molar refractivity (Wildman–Crippen MR) is 37.1 cm³/mol. The van der Waals surface area contributed by atoms with E-state index in [4.69, 9.17) is 5.41 Å². The summed E-state index contributed by atoms with van der Waals surface area (Å²) in [7, 11) is 0. The standard InChI is InChI=1S/C6H10N2O2/c1-4(7)6(10)3-8-5(2)9/h7H,3H2,1-2H3,(H,8,9). The predicted octanol–water partition coefficient (Wildman–Crippen LogP) is -0.269. The summed E-state index contributed by atoms with van der Waals surface area (Å²) >= 11 is 0. The van der Waals surface area contributed by atoms with Crippen LogP contribution in [-0.2, 0) is 9.59 Å². The largest absolute Gasteiger partial charge is 0.349 e. The van der Waals surface area contributed by atoms with Crippen molar-refractivity contribution < 1.29 is 9.59 Å². The molecule has 0 aromatic rings. The lowest BCUT2D eigenvalue weighted by Crippen LogP contribution is -2.30. The number of rotatable bonds is 3. The van der Waals surface area contributed by atoms with E-state index in [1.54, 1.807) is 0 Å². The van der Waals surface area contributed by atoms with Crippen LogP contribution in [0, 0.1) is 5.41 Å². The second-order valence-corrected chi connectivity index (χ2v) is 1.96. The van der Waals surface area contributed by atoms with Crippen LogP contribution in [-0.4, -0.2) is 23.9 Å². The van der Waals surface area contributed by atoms with Crippen molar-refractivity contribution in [1.29, 1.82) is 5.41 Å². The summed E-state index contributed by atoms with van der Waals surface area (Å²) in [6.45, 7) is 2.65. The van der Waals surface area contributed by atoms with Gasteiger partial charge >= 0.3 is 0 Å². The minimum atomic E-state index is -0.352. The number of ketones is 1. The van der Waals surface area contributed by atoms with Gasteiger partial charge in [-0.15, -0.1) is 0 Å². The third-order valence-corrected chi connectivity index (χ3v) is 0.916. The van der Waals surface area contributed by atoms with Crippen molar-refractivity contribution in [2.75, 3.05) is 6.54 Å². The molecule has 0 saturated heterocycles. The van der Waals surface area contributed by atoms with Crippen LogP contribution in [0.4, 0.5) is 0 Å². The van der Waals surface area contributed by atoms with Crippen molar-refractivity contribution in [2.45, 2.75) is 13.8 Å². The summed E-state index contributed by atoms with van der Waals surface area (Å²) in [5.41, 5.74) is -0.0336. The zero-order valence-corrected chi connectivity index (χ0v) is 6.02. The molecular weight excluding hydrogens is 132 g/mol. The lowest BCUT2D eigenvalue weighted by Gasteiger charge is -1.97. The molecule has 10 heavy (non-hydrogen) atoms.